The van der Waals surface area contributed by atoms with E-state index in [9.17, 15) is 14.5 Å². The van der Waals surface area contributed by atoms with Crippen LogP contribution in [0.5, 0.6) is 0 Å². The second-order valence-electron chi connectivity index (χ2n) is 3.53. The van der Waals surface area contributed by atoms with Crippen molar-refractivity contribution in [3.05, 3.63) is 40.0 Å². The van der Waals surface area contributed by atoms with Gasteiger partial charge in [-0.3, -0.25) is 10.1 Å². The highest BCUT2D eigenvalue weighted by atomic mass is 19.1. The largest absolute Gasteiger partial charge is 0.370 e. The predicted molar refractivity (Wildman–Crippen MR) is 59.3 cm³/mol. The average Bonchev–Trinajstić information content (AvgIpc) is 2.81. The number of rotatable bonds is 4. The van der Waals surface area contributed by atoms with Crippen LogP contribution in [0.3, 0.4) is 0 Å². The van der Waals surface area contributed by atoms with Crippen molar-refractivity contribution in [2.24, 2.45) is 0 Å². The summed E-state index contributed by atoms with van der Waals surface area (Å²) in [5.74, 6) is -0.570. The van der Waals surface area contributed by atoms with Crippen LogP contribution in [0.4, 0.5) is 15.8 Å². The molecular formula is C9H9FN6O2. The number of aromatic amines is 1. The van der Waals surface area contributed by atoms with Gasteiger partial charge in [0.25, 0.3) is 0 Å². The van der Waals surface area contributed by atoms with E-state index in [1.807, 2.05) is 0 Å². The van der Waals surface area contributed by atoms with Crippen LogP contribution in [0.1, 0.15) is 18.8 Å². The van der Waals surface area contributed by atoms with Gasteiger partial charge in [-0.25, -0.2) is 0 Å². The molecule has 2 rings (SSSR count). The Balaban J connectivity index is 2.29. The molecule has 2 N–H and O–H groups in total. The molecule has 0 fully saturated rings. The van der Waals surface area contributed by atoms with Gasteiger partial charge in [-0.2, -0.15) is 9.60 Å². The van der Waals surface area contributed by atoms with Crippen molar-refractivity contribution in [3.63, 3.8) is 0 Å². The molecule has 2 aromatic rings. The standard InChI is InChI=1S/C9H9FN6O2/c1-5(9-12-14-15-13-9)11-7-4-2-3-6(10)8(7)16(17)18/h2-5,11H,1H3,(H,12,13,14,15). The summed E-state index contributed by atoms with van der Waals surface area (Å²) in [6.45, 7) is 1.68. The van der Waals surface area contributed by atoms with Gasteiger partial charge >= 0.3 is 5.69 Å². The first-order chi connectivity index (χ1) is 8.59. The van der Waals surface area contributed by atoms with Crippen LogP contribution in [0.2, 0.25) is 0 Å². The maximum absolute atomic E-state index is 13.4. The molecule has 1 aromatic heterocycles. The molecule has 8 nitrogen and oxygen atoms in total. The number of hydrogen-bond donors (Lipinski definition) is 2. The number of anilines is 1. The van der Waals surface area contributed by atoms with Crippen LogP contribution in [-0.4, -0.2) is 25.5 Å². The highest BCUT2D eigenvalue weighted by Gasteiger charge is 2.22. The lowest BCUT2D eigenvalue weighted by atomic mass is 10.2. The third kappa shape index (κ3) is 2.24. The van der Waals surface area contributed by atoms with E-state index in [1.54, 1.807) is 6.92 Å². The minimum atomic E-state index is -0.898. The number of nitrogens with one attached hydrogen (secondary N) is 2. The summed E-state index contributed by atoms with van der Waals surface area (Å²) in [6, 6.07) is 3.39. The number of nitro groups is 1. The van der Waals surface area contributed by atoms with Gasteiger partial charge in [0, 0.05) is 0 Å². The maximum atomic E-state index is 13.4. The van der Waals surface area contributed by atoms with Gasteiger partial charge in [0.15, 0.2) is 5.82 Å². The van der Waals surface area contributed by atoms with Gasteiger partial charge in [-0.05, 0) is 19.1 Å². The van der Waals surface area contributed by atoms with Crippen molar-refractivity contribution in [1.82, 2.24) is 20.6 Å². The molecule has 0 spiro atoms. The summed E-state index contributed by atoms with van der Waals surface area (Å²) >= 11 is 0. The molecule has 0 aliphatic carbocycles. The maximum Gasteiger partial charge on any atom is 0.327 e. The molecule has 1 atom stereocenters. The molecule has 1 heterocycles. The first-order valence-corrected chi connectivity index (χ1v) is 5.02. The fraction of sp³-hybridized carbons (Fsp3) is 0.222. The second-order valence-corrected chi connectivity index (χ2v) is 3.53. The molecule has 94 valence electrons. The van der Waals surface area contributed by atoms with E-state index in [4.69, 9.17) is 0 Å². The number of tetrazole rings is 1. The third-order valence-corrected chi connectivity index (χ3v) is 2.29. The van der Waals surface area contributed by atoms with Crippen LogP contribution >= 0.6 is 0 Å². The van der Waals surface area contributed by atoms with Crippen molar-refractivity contribution in [2.45, 2.75) is 13.0 Å². The summed E-state index contributed by atoms with van der Waals surface area (Å²) in [5.41, 5.74) is -0.537. The van der Waals surface area contributed by atoms with Gasteiger partial charge < -0.3 is 5.32 Å². The molecule has 1 unspecified atom stereocenters. The zero-order valence-electron chi connectivity index (χ0n) is 9.29. The Bertz CT molecular complexity index is 558. The Labute approximate surface area is 100 Å². The number of halogens is 1. The minimum Gasteiger partial charge on any atom is -0.370 e. The number of hydrogen-bond acceptors (Lipinski definition) is 6. The van der Waals surface area contributed by atoms with E-state index in [-0.39, 0.29) is 5.69 Å². The van der Waals surface area contributed by atoms with E-state index in [0.717, 1.165) is 6.07 Å². The number of nitro benzene ring substituents is 1. The van der Waals surface area contributed by atoms with Gasteiger partial charge in [0.1, 0.15) is 5.69 Å². The molecule has 1 aromatic carbocycles. The second kappa shape index (κ2) is 4.73. The van der Waals surface area contributed by atoms with E-state index in [0.29, 0.717) is 5.82 Å². The van der Waals surface area contributed by atoms with Crippen LogP contribution < -0.4 is 5.32 Å². The predicted octanol–water partition coefficient (Wildman–Crippen LogP) is 1.42. The lowest BCUT2D eigenvalue weighted by Gasteiger charge is -2.11. The zero-order chi connectivity index (χ0) is 13.1. The van der Waals surface area contributed by atoms with E-state index >= 15 is 0 Å². The Kier molecular flexibility index (Phi) is 3.13. The number of nitrogens with zero attached hydrogens (tertiary/aromatic N) is 4. The molecule has 0 bridgehead atoms. The number of aromatic nitrogens is 4. The minimum absolute atomic E-state index is 0.0669. The average molecular weight is 252 g/mol. The van der Waals surface area contributed by atoms with Crippen molar-refractivity contribution >= 4 is 11.4 Å². The van der Waals surface area contributed by atoms with E-state index in [1.165, 1.54) is 12.1 Å². The number of H-pyrrole nitrogens is 1. The molecule has 0 aliphatic heterocycles. The fourth-order valence-corrected chi connectivity index (χ4v) is 1.47. The van der Waals surface area contributed by atoms with Gasteiger partial charge in [-0.1, -0.05) is 11.3 Å². The Morgan fingerprint density at radius 3 is 2.94 bits per heavy atom. The third-order valence-electron chi connectivity index (χ3n) is 2.29. The summed E-state index contributed by atoms with van der Waals surface area (Å²) in [6.07, 6.45) is 0. The summed E-state index contributed by atoms with van der Waals surface area (Å²) in [5, 5.41) is 26.7. The molecule has 18 heavy (non-hydrogen) atoms. The molecular weight excluding hydrogens is 243 g/mol. The fourth-order valence-electron chi connectivity index (χ4n) is 1.47. The van der Waals surface area contributed by atoms with Gasteiger partial charge in [-0.15, -0.1) is 10.2 Å². The van der Waals surface area contributed by atoms with Crippen molar-refractivity contribution in [3.8, 4) is 0 Å². The Hall–Kier alpha value is -2.58. The van der Waals surface area contributed by atoms with Crippen LogP contribution in [0.15, 0.2) is 18.2 Å². The SMILES string of the molecule is CC(Nc1cccc(F)c1[N+](=O)[O-])c1nn[nH]n1. The quantitative estimate of drug-likeness (QED) is 0.629. The lowest BCUT2D eigenvalue weighted by molar-refractivity contribution is -0.386. The first-order valence-electron chi connectivity index (χ1n) is 5.02. The van der Waals surface area contributed by atoms with E-state index < -0.39 is 22.5 Å². The van der Waals surface area contributed by atoms with E-state index in [2.05, 4.69) is 25.9 Å². The molecule has 0 aliphatic rings. The molecule has 0 saturated heterocycles. The van der Waals surface area contributed by atoms with Gasteiger partial charge in [0.2, 0.25) is 5.82 Å². The molecule has 0 amide bonds. The smallest absolute Gasteiger partial charge is 0.327 e. The Morgan fingerprint density at radius 1 is 1.56 bits per heavy atom. The Morgan fingerprint density at radius 2 is 2.33 bits per heavy atom. The van der Waals surface area contributed by atoms with Crippen LogP contribution in [0.25, 0.3) is 0 Å². The van der Waals surface area contributed by atoms with Gasteiger partial charge in [0.05, 0.1) is 11.0 Å². The molecule has 0 radical (unpaired) electrons. The summed E-state index contributed by atoms with van der Waals surface area (Å²) in [7, 11) is 0. The van der Waals surface area contributed by atoms with Crippen molar-refractivity contribution in [1.29, 1.82) is 0 Å². The lowest BCUT2D eigenvalue weighted by Crippen LogP contribution is -2.10. The normalized spacial score (nSPS) is 12.1. The van der Waals surface area contributed by atoms with Crippen LogP contribution in [-0.2, 0) is 0 Å². The molecule has 9 heteroatoms. The zero-order valence-corrected chi connectivity index (χ0v) is 9.29. The monoisotopic (exact) mass is 252 g/mol. The van der Waals surface area contributed by atoms with Crippen LogP contribution in [0, 0.1) is 15.9 Å². The molecule has 0 saturated carbocycles. The van der Waals surface area contributed by atoms with Crippen molar-refractivity contribution in [2.75, 3.05) is 5.32 Å². The summed E-state index contributed by atoms with van der Waals surface area (Å²) in [4.78, 5) is 10.0. The summed E-state index contributed by atoms with van der Waals surface area (Å²) < 4.78 is 13.4. The van der Waals surface area contributed by atoms with Crippen molar-refractivity contribution < 1.29 is 9.31 Å². The number of para-hydroxylation sites is 1. The first kappa shape index (κ1) is 11.9. The highest BCUT2D eigenvalue weighted by Crippen LogP contribution is 2.29. The topological polar surface area (TPSA) is 110 Å². The number of benzene rings is 1. The highest BCUT2D eigenvalue weighted by molar-refractivity contribution is 5.62.